The smallest absolute Gasteiger partial charge is 0.337 e. The van der Waals surface area contributed by atoms with E-state index in [1.807, 2.05) is 0 Å². The van der Waals surface area contributed by atoms with Gasteiger partial charge in [-0.2, -0.15) is 0 Å². The molecule has 0 aliphatic heterocycles. The van der Waals surface area contributed by atoms with E-state index >= 15 is 0 Å². The van der Waals surface area contributed by atoms with Crippen molar-refractivity contribution in [2.24, 2.45) is 0 Å². The van der Waals surface area contributed by atoms with E-state index in [2.05, 4.69) is 5.32 Å². The van der Waals surface area contributed by atoms with Crippen molar-refractivity contribution in [3.8, 4) is 0 Å². The lowest BCUT2D eigenvalue weighted by Gasteiger charge is -2.12. The molecule has 0 aromatic heterocycles. The van der Waals surface area contributed by atoms with Crippen LogP contribution in [-0.4, -0.2) is 11.1 Å². The number of carbonyl (C=O) groups is 1. The molecule has 0 heterocycles. The van der Waals surface area contributed by atoms with Gasteiger partial charge in [0.1, 0.15) is 5.82 Å². The fraction of sp³-hybridized carbons (Fsp3) is 0. The van der Waals surface area contributed by atoms with Crippen LogP contribution in [0.2, 0.25) is 10.0 Å². The van der Waals surface area contributed by atoms with E-state index in [-0.39, 0.29) is 22.0 Å². The average molecular weight is 315 g/mol. The Morgan fingerprint density at radius 3 is 2.60 bits per heavy atom. The summed E-state index contributed by atoms with van der Waals surface area (Å²) in [7, 11) is 0. The molecule has 0 aliphatic rings. The maximum absolute atomic E-state index is 13.8. The van der Waals surface area contributed by atoms with Crippen molar-refractivity contribution in [1.82, 2.24) is 0 Å². The second-order valence-electron chi connectivity index (χ2n) is 3.95. The molecule has 4 N–H and O–H groups in total. The van der Waals surface area contributed by atoms with E-state index < -0.39 is 11.8 Å². The average Bonchev–Trinajstić information content (AvgIpc) is 2.37. The summed E-state index contributed by atoms with van der Waals surface area (Å²) in [5, 5.41) is 12.2. The van der Waals surface area contributed by atoms with Gasteiger partial charge in [0.25, 0.3) is 0 Å². The normalized spacial score (nSPS) is 10.3. The summed E-state index contributed by atoms with van der Waals surface area (Å²) < 4.78 is 13.8. The monoisotopic (exact) mass is 314 g/mol. The summed E-state index contributed by atoms with van der Waals surface area (Å²) in [6, 6.07) is 6.83. The maximum atomic E-state index is 13.8. The first-order chi connectivity index (χ1) is 9.40. The van der Waals surface area contributed by atoms with Crippen molar-refractivity contribution in [3.63, 3.8) is 0 Å². The number of rotatable bonds is 3. The lowest BCUT2D eigenvalue weighted by Crippen LogP contribution is -2.05. The molecule has 0 unspecified atom stereocenters. The van der Waals surface area contributed by atoms with Gasteiger partial charge in [-0.25, -0.2) is 9.18 Å². The standard InChI is InChI=1S/C13H9Cl2FN2O2/c14-7-2-1-3-10(12(7)15)18-11-4-6(13(19)20)9(17)5-8(11)16/h1-5,18H,17H2,(H,19,20). The molecule has 0 aliphatic carbocycles. The molecule has 0 fully saturated rings. The van der Waals surface area contributed by atoms with Crippen molar-refractivity contribution in [1.29, 1.82) is 0 Å². The van der Waals surface area contributed by atoms with Crippen LogP contribution in [0.5, 0.6) is 0 Å². The van der Waals surface area contributed by atoms with E-state index in [4.69, 9.17) is 34.0 Å². The maximum Gasteiger partial charge on any atom is 0.337 e. The van der Waals surface area contributed by atoms with Crippen LogP contribution in [0.3, 0.4) is 0 Å². The van der Waals surface area contributed by atoms with E-state index in [0.717, 1.165) is 12.1 Å². The van der Waals surface area contributed by atoms with Gasteiger partial charge in [0.15, 0.2) is 0 Å². The summed E-state index contributed by atoms with van der Waals surface area (Å²) in [6.07, 6.45) is 0. The minimum absolute atomic E-state index is 0.0548. The summed E-state index contributed by atoms with van der Waals surface area (Å²) in [4.78, 5) is 11.0. The zero-order chi connectivity index (χ0) is 14.9. The quantitative estimate of drug-likeness (QED) is 0.744. The van der Waals surface area contributed by atoms with E-state index in [9.17, 15) is 9.18 Å². The molecule has 0 atom stereocenters. The molecule has 0 amide bonds. The van der Waals surface area contributed by atoms with Gasteiger partial charge in [0.05, 0.1) is 27.0 Å². The van der Waals surface area contributed by atoms with Gasteiger partial charge in [0, 0.05) is 5.69 Å². The summed E-state index contributed by atoms with van der Waals surface area (Å²) >= 11 is 11.8. The molecule has 2 aromatic carbocycles. The van der Waals surface area contributed by atoms with Crippen LogP contribution in [0.1, 0.15) is 10.4 Å². The number of hydrogen-bond donors (Lipinski definition) is 3. The topological polar surface area (TPSA) is 75.3 Å². The highest BCUT2D eigenvalue weighted by Gasteiger charge is 2.14. The zero-order valence-electron chi connectivity index (χ0n) is 9.95. The van der Waals surface area contributed by atoms with E-state index in [1.165, 1.54) is 0 Å². The van der Waals surface area contributed by atoms with Crippen molar-refractivity contribution >= 4 is 46.2 Å². The number of halogens is 3. The molecule has 0 bridgehead atoms. The van der Waals surface area contributed by atoms with Crippen LogP contribution >= 0.6 is 23.2 Å². The Morgan fingerprint density at radius 2 is 1.95 bits per heavy atom. The highest BCUT2D eigenvalue weighted by atomic mass is 35.5. The van der Waals surface area contributed by atoms with Gasteiger partial charge < -0.3 is 16.2 Å². The van der Waals surface area contributed by atoms with Gasteiger partial charge in [-0.1, -0.05) is 29.3 Å². The van der Waals surface area contributed by atoms with Gasteiger partial charge >= 0.3 is 5.97 Å². The Bertz CT molecular complexity index is 692. The molecular weight excluding hydrogens is 306 g/mol. The van der Waals surface area contributed by atoms with Gasteiger partial charge in [0.2, 0.25) is 0 Å². The molecule has 7 heteroatoms. The SMILES string of the molecule is Nc1cc(F)c(Nc2cccc(Cl)c2Cl)cc1C(=O)O. The van der Waals surface area contributed by atoms with Crippen LogP contribution in [-0.2, 0) is 0 Å². The largest absolute Gasteiger partial charge is 0.478 e. The van der Waals surface area contributed by atoms with Crippen LogP contribution in [0.4, 0.5) is 21.5 Å². The van der Waals surface area contributed by atoms with Gasteiger partial charge in [-0.15, -0.1) is 0 Å². The zero-order valence-corrected chi connectivity index (χ0v) is 11.5. The van der Waals surface area contributed by atoms with Gasteiger partial charge in [-0.3, -0.25) is 0 Å². The summed E-state index contributed by atoms with van der Waals surface area (Å²) in [5.74, 6) is -1.94. The van der Waals surface area contributed by atoms with Crippen LogP contribution in [0.15, 0.2) is 30.3 Å². The molecule has 104 valence electrons. The van der Waals surface area contributed by atoms with Crippen molar-refractivity contribution in [2.75, 3.05) is 11.1 Å². The Hall–Kier alpha value is -1.98. The molecule has 0 saturated carbocycles. The molecule has 0 radical (unpaired) electrons. The van der Waals surface area contributed by atoms with Crippen molar-refractivity contribution in [3.05, 3.63) is 51.8 Å². The molecular formula is C13H9Cl2FN2O2. The minimum Gasteiger partial charge on any atom is -0.478 e. The molecule has 4 nitrogen and oxygen atoms in total. The lowest BCUT2D eigenvalue weighted by atomic mass is 10.1. The number of carboxylic acids is 1. The molecule has 2 rings (SSSR count). The molecule has 0 saturated heterocycles. The number of nitrogens with one attached hydrogen (secondary N) is 1. The number of carboxylic acid groups (broad SMARTS) is 1. The molecule has 20 heavy (non-hydrogen) atoms. The highest BCUT2D eigenvalue weighted by molar-refractivity contribution is 6.43. The highest BCUT2D eigenvalue weighted by Crippen LogP contribution is 2.33. The van der Waals surface area contributed by atoms with Crippen molar-refractivity contribution < 1.29 is 14.3 Å². The van der Waals surface area contributed by atoms with Crippen LogP contribution in [0, 0.1) is 5.82 Å². The number of anilines is 3. The van der Waals surface area contributed by atoms with Crippen molar-refractivity contribution in [2.45, 2.75) is 0 Å². The minimum atomic E-state index is -1.25. The third-order valence-corrected chi connectivity index (χ3v) is 3.41. The van der Waals surface area contributed by atoms with Crippen LogP contribution in [0.25, 0.3) is 0 Å². The first-order valence-electron chi connectivity index (χ1n) is 5.43. The fourth-order valence-electron chi connectivity index (χ4n) is 1.62. The second kappa shape index (κ2) is 5.56. The first kappa shape index (κ1) is 14.4. The number of benzene rings is 2. The van der Waals surface area contributed by atoms with E-state index in [0.29, 0.717) is 10.7 Å². The third-order valence-electron chi connectivity index (χ3n) is 2.59. The van der Waals surface area contributed by atoms with E-state index in [1.54, 1.807) is 18.2 Å². The Morgan fingerprint density at radius 1 is 1.25 bits per heavy atom. The second-order valence-corrected chi connectivity index (χ2v) is 4.74. The molecule has 0 spiro atoms. The predicted molar refractivity (Wildman–Crippen MR) is 77.5 cm³/mol. The number of hydrogen-bond acceptors (Lipinski definition) is 3. The fourth-order valence-corrected chi connectivity index (χ4v) is 1.96. The number of nitrogens with two attached hydrogens (primary N) is 1. The number of aromatic carboxylic acids is 1. The Balaban J connectivity index is 2.46. The third kappa shape index (κ3) is 2.79. The summed E-state index contributed by atoms with van der Waals surface area (Å²) in [6.45, 7) is 0. The Kier molecular flexibility index (Phi) is 4.01. The number of nitrogen functional groups attached to an aromatic ring is 1. The van der Waals surface area contributed by atoms with Gasteiger partial charge in [-0.05, 0) is 24.3 Å². The first-order valence-corrected chi connectivity index (χ1v) is 6.19. The summed E-state index contributed by atoms with van der Waals surface area (Å²) in [5.41, 5.74) is 5.39. The van der Waals surface area contributed by atoms with Crippen LogP contribution < -0.4 is 11.1 Å². The predicted octanol–water partition coefficient (Wildman–Crippen LogP) is 4.16. The lowest BCUT2D eigenvalue weighted by molar-refractivity contribution is 0.0698. The Labute approximate surface area is 123 Å². The molecule has 2 aromatic rings.